The number of rotatable bonds is 4. The fourth-order valence-electron chi connectivity index (χ4n) is 2.10. The largest absolute Gasteiger partial charge is 0.478 e. The first-order valence-electron chi connectivity index (χ1n) is 5.92. The predicted molar refractivity (Wildman–Crippen MR) is 74.0 cm³/mol. The van der Waals surface area contributed by atoms with Crippen LogP contribution in [0.5, 0.6) is 0 Å². The SMILES string of the molecule is Nc1ccc(Cc2ccccc2)c(C(=O)O)c1C(=O)O. The number of carboxylic acids is 2. The predicted octanol–water partition coefficient (Wildman–Crippen LogP) is 2.26. The van der Waals surface area contributed by atoms with E-state index in [9.17, 15) is 14.7 Å². The summed E-state index contributed by atoms with van der Waals surface area (Å²) >= 11 is 0. The van der Waals surface area contributed by atoms with Gasteiger partial charge in [-0.1, -0.05) is 36.4 Å². The van der Waals surface area contributed by atoms with Gasteiger partial charge in [0.2, 0.25) is 0 Å². The van der Waals surface area contributed by atoms with Crippen molar-refractivity contribution in [2.45, 2.75) is 6.42 Å². The Morgan fingerprint density at radius 2 is 1.50 bits per heavy atom. The van der Waals surface area contributed by atoms with Crippen LogP contribution in [0.1, 0.15) is 31.8 Å². The molecular weight excluding hydrogens is 258 g/mol. The van der Waals surface area contributed by atoms with Crippen LogP contribution in [0.25, 0.3) is 0 Å². The van der Waals surface area contributed by atoms with Crippen LogP contribution in [0.2, 0.25) is 0 Å². The molecule has 2 aromatic rings. The van der Waals surface area contributed by atoms with Gasteiger partial charge in [-0.3, -0.25) is 0 Å². The van der Waals surface area contributed by atoms with E-state index >= 15 is 0 Å². The molecule has 2 aromatic carbocycles. The summed E-state index contributed by atoms with van der Waals surface area (Å²) in [5.74, 6) is -2.63. The van der Waals surface area contributed by atoms with E-state index in [4.69, 9.17) is 10.8 Å². The van der Waals surface area contributed by atoms with Gasteiger partial charge in [0, 0.05) is 5.69 Å². The van der Waals surface area contributed by atoms with Crippen molar-refractivity contribution >= 4 is 17.6 Å². The summed E-state index contributed by atoms with van der Waals surface area (Å²) in [4.78, 5) is 22.6. The normalized spacial score (nSPS) is 10.2. The van der Waals surface area contributed by atoms with Gasteiger partial charge in [-0.2, -0.15) is 0 Å². The molecule has 0 saturated heterocycles. The molecule has 102 valence electrons. The van der Waals surface area contributed by atoms with Crippen LogP contribution < -0.4 is 5.73 Å². The molecule has 5 heteroatoms. The molecule has 2 rings (SSSR count). The first kappa shape index (κ1) is 13.6. The zero-order valence-corrected chi connectivity index (χ0v) is 10.5. The maximum Gasteiger partial charge on any atom is 0.338 e. The highest BCUT2D eigenvalue weighted by molar-refractivity contribution is 6.06. The lowest BCUT2D eigenvalue weighted by Crippen LogP contribution is -2.14. The van der Waals surface area contributed by atoms with Crippen LogP contribution in [0, 0.1) is 0 Å². The third kappa shape index (κ3) is 2.61. The van der Waals surface area contributed by atoms with Crippen LogP contribution in [-0.4, -0.2) is 22.2 Å². The minimum Gasteiger partial charge on any atom is -0.478 e. The number of aromatic carboxylic acids is 2. The molecule has 0 radical (unpaired) electrons. The second-order valence-corrected chi connectivity index (χ2v) is 4.34. The highest BCUT2D eigenvalue weighted by atomic mass is 16.4. The minimum absolute atomic E-state index is 0.0493. The molecule has 0 aromatic heterocycles. The highest BCUT2D eigenvalue weighted by Gasteiger charge is 2.22. The second-order valence-electron chi connectivity index (χ2n) is 4.34. The van der Waals surface area contributed by atoms with Gasteiger partial charge in [-0.15, -0.1) is 0 Å². The van der Waals surface area contributed by atoms with Gasteiger partial charge in [-0.25, -0.2) is 9.59 Å². The van der Waals surface area contributed by atoms with Crippen LogP contribution in [0.4, 0.5) is 5.69 Å². The standard InChI is InChI=1S/C15H13NO4/c16-11-7-6-10(8-9-4-2-1-3-5-9)12(14(17)18)13(11)15(19)20/h1-7H,8,16H2,(H,17,18)(H,19,20). The molecule has 4 N–H and O–H groups in total. The molecule has 5 nitrogen and oxygen atoms in total. The molecule has 0 unspecified atom stereocenters. The van der Waals surface area contributed by atoms with Crippen molar-refractivity contribution in [3.63, 3.8) is 0 Å². The molecule has 0 bridgehead atoms. The van der Waals surface area contributed by atoms with Crippen molar-refractivity contribution < 1.29 is 19.8 Å². The van der Waals surface area contributed by atoms with E-state index in [2.05, 4.69) is 0 Å². The van der Waals surface area contributed by atoms with E-state index in [1.165, 1.54) is 6.07 Å². The van der Waals surface area contributed by atoms with E-state index in [-0.39, 0.29) is 16.8 Å². The third-order valence-corrected chi connectivity index (χ3v) is 2.99. The average molecular weight is 271 g/mol. The highest BCUT2D eigenvalue weighted by Crippen LogP contribution is 2.24. The van der Waals surface area contributed by atoms with E-state index in [0.29, 0.717) is 12.0 Å². The quantitative estimate of drug-likeness (QED) is 0.740. The smallest absolute Gasteiger partial charge is 0.338 e. The molecule has 0 heterocycles. The first-order valence-corrected chi connectivity index (χ1v) is 5.92. The van der Waals surface area contributed by atoms with E-state index in [0.717, 1.165) is 5.56 Å². The van der Waals surface area contributed by atoms with Gasteiger partial charge in [0.15, 0.2) is 0 Å². The Kier molecular flexibility index (Phi) is 3.70. The van der Waals surface area contributed by atoms with Crippen LogP contribution >= 0.6 is 0 Å². The van der Waals surface area contributed by atoms with Gasteiger partial charge < -0.3 is 15.9 Å². The maximum atomic E-state index is 11.4. The number of hydrogen-bond donors (Lipinski definition) is 3. The van der Waals surface area contributed by atoms with Crippen LogP contribution in [0.3, 0.4) is 0 Å². The zero-order chi connectivity index (χ0) is 14.7. The number of nitrogen functional groups attached to an aromatic ring is 1. The van der Waals surface area contributed by atoms with E-state index in [1.54, 1.807) is 6.07 Å². The van der Waals surface area contributed by atoms with Crippen LogP contribution in [0.15, 0.2) is 42.5 Å². The molecule has 0 saturated carbocycles. The molecule has 0 aliphatic heterocycles. The number of nitrogens with two attached hydrogens (primary N) is 1. The van der Waals surface area contributed by atoms with Gasteiger partial charge in [0.1, 0.15) is 0 Å². The second kappa shape index (κ2) is 5.44. The zero-order valence-electron chi connectivity index (χ0n) is 10.5. The minimum atomic E-state index is -1.34. The summed E-state index contributed by atoms with van der Waals surface area (Å²) in [5, 5.41) is 18.4. The average Bonchev–Trinajstić information content (AvgIpc) is 2.41. The van der Waals surface area contributed by atoms with E-state index in [1.807, 2.05) is 30.3 Å². The summed E-state index contributed by atoms with van der Waals surface area (Å²) in [6, 6.07) is 12.2. The Morgan fingerprint density at radius 1 is 0.900 bits per heavy atom. The number of anilines is 1. The Morgan fingerprint density at radius 3 is 2.05 bits per heavy atom. The van der Waals surface area contributed by atoms with Crippen molar-refractivity contribution in [1.29, 1.82) is 0 Å². The Labute approximate surface area is 115 Å². The molecule has 0 atom stereocenters. The Hall–Kier alpha value is -2.82. The molecule has 0 aliphatic rings. The van der Waals surface area contributed by atoms with E-state index < -0.39 is 11.9 Å². The Bertz CT molecular complexity index is 665. The molecule has 0 spiro atoms. The lowest BCUT2D eigenvalue weighted by Gasteiger charge is -2.11. The van der Waals surface area contributed by atoms with Gasteiger partial charge in [0.05, 0.1) is 11.1 Å². The fraction of sp³-hybridized carbons (Fsp3) is 0.0667. The molecule has 0 aliphatic carbocycles. The number of hydrogen-bond acceptors (Lipinski definition) is 3. The monoisotopic (exact) mass is 271 g/mol. The molecule has 0 amide bonds. The van der Waals surface area contributed by atoms with Crippen molar-refractivity contribution in [3.05, 3.63) is 64.7 Å². The number of benzene rings is 2. The van der Waals surface area contributed by atoms with Crippen molar-refractivity contribution in [1.82, 2.24) is 0 Å². The molecular formula is C15H13NO4. The summed E-state index contributed by atoms with van der Waals surface area (Å²) < 4.78 is 0. The van der Waals surface area contributed by atoms with Gasteiger partial charge >= 0.3 is 11.9 Å². The fourth-order valence-corrected chi connectivity index (χ4v) is 2.10. The van der Waals surface area contributed by atoms with Crippen LogP contribution in [-0.2, 0) is 6.42 Å². The first-order chi connectivity index (χ1) is 9.50. The lowest BCUT2D eigenvalue weighted by atomic mass is 9.94. The van der Waals surface area contributed by atoms with Gasteiger partial charge in [0.25, 0.3) is 0 Å². The number of carboxylic acid groups (broad SMARTS) is 2. The topological polar surface area (TPSA) is 101 Å². The number of carbonyl (C=O) groups is 2. The molecule has 20 heavy (non-hydrogen) atoms. The van der Waals surface area contributed by atoms with Crippen molar-refractivity contribution in [2.24, 2.45) is 0 Å². The summed E-state index contributed by atoms with van der Waals surface area (Å²) in [6.07, 6.45) is 0.336. The summed E-state index contributed by atoms with van der Waals surface area (Å²) in [7, 11) is 0. The maximum absolute atomic E-state index is 11.4. The van der Waals surface area contributed by atoms with Gasteiger partial charge in [-0.05, 0) is 23.6 Å². The lowest BCUT2D eigenvalue weighted by molar-refractivity contribution is 0.0651. The van der Waals surface area contributed by atoms with Crippen molar-refractivity contribution in [2.75, 3.05) is 5.73 Å². The molecule has 0 fully saturated rings. The van der Waals surface area contributed by atoms with Crippen molar-refractivity contribution in [3.8, 4) is 0 Å². The Balaban J connectivity index is 2.56. The summed E-state index contributed by atoms with van der Waals surface area (Å²) in [6.45, 7) is 0. The summed E-state index contributed by atoms with van der Waals surface area (Å²) in [5.41, 5.74) is 6.25. The third-order valence-electron chi connectivity index (χ3n) is 2.99.